The van der Waals surface area contributed by atoms with E-state index in [1.54, 1.807) is 12.1 Å². The van der Waals surface area contributed by atoms with Gasteiger partial charge in [0.1, 0.15) is 11.3 Å². The molecule has 1 saturated heterocycles. The monoisotopic (exact) mass is 345 g/mol. The van der Waals surface area contributed by atoms with E-state index in [-0.39, 0.29) is 23.7 Å². The standard InChI is InChI=1S/C18H24BNO5/c1-3-5-9-24-18(22)12-8-6-7-11-10-13(19(23)25-17(11)12)15-16(20-15)14(21)4-2/h6-8,13,15-16,20,23H,3-5,9-10H2,1-2H3/t13-,15?,16?/m1/s1. The molecule has 0 aliphatic carbocycles. The first-order valence-electron chi connectivity index (χ1n) is 8.99. The maximum Gasteiger partial charge on any atom is 0.527 e. The fourth-order valence-electron chi connectivity index (χ4n) is 3.34. The van der Waals surface area contributed by atoms with E-state index in [4.69, 9.17) is 9.39 Å². The van der Waals surface area contributed by atoms with Gasteiger partial charge in [0.15, 0.2) is 5.78 Å². The van der Waals surface area contributed by atoms with Crippen LogP contribution in [0.25, 0.3) is 0 Å². The first-order chi connectivity index (χ1) is 12.1. The molecule has 0 saturated carbocycles. The largest absolute Gasteiger partial charge is 0.535 e. The van der Waals surface area contributed by atoms with Crippen LogP contribution in [0.5, 0.6) is 5.75 Å². The van der Waals surface area contributed by atoms with Gasteiger partial charge in [0, 0.05) is 18.3 Å². The molecule has 2 aliphatic heterocycles. The predicted octanol–water partition coefficient (Wildman–Crippen LogP) is 1.75. The normalized spacial score (nSPS) is 24.3. The van der Waals surface area contributed by atoms with Gasteiger partial charge in [-0.3, -0.25) is 4.79 Å². The Labute approximate surface area is 148 Å². The molecule has 2 unspecified atom stereocenters. The zero-order valence-corrected chi connectivity index (χ0v) is 14.7. The van der Waals surface area contributed by atoms with E-state index in [0.29, 0.717) is 30.8 Å². The summed E-state index contributed by atoms with van der Waals surface area (Å²) in [4.78, 5) is 24.1. The van der Waals surface area contributed by atoms with Crippen LogP contribution >= 0.6 is 0 Å². The molecule has 1 aromatic carbocycles. The van der Waals surface area contributed by atoms with Gasteiger partial charge in [-0.1, -0.05) is 32.4 Å². The number of unbranched alkanes of at least 4 members (excludes halogenated alkanes) is 1. The molecule has 1 fully saturated rings. The molecular weight excluding hydrogens is 321 g/mol. The van der Waals surface area contributed by atoms with E-state index in [1.807, 2.05) is 19.9 Å². The molecule has 25 heavy (non-hydrogen) atoms. The number of esters is 1. The van der Waals surface area contributed by atoms with Gasteiger partial charge < -0.3 is 19.7 Å². The highest BCUT2D eigenvalue weighted by molar-refractivity contribution is 6.47. The second kappa shape index (κ2) is 7.58. The van der Waals surface area contributed by atoms with Crippen molar-refractivity contribution in [2.75, 3.05) is 6.61 Å². The number of Topliss-reactive ketones (excluding diaryl/α,β-unsaturated/α-hetero) is 1. The highest BCUT2D eigenvalue weighted by atomic mass is 16.5. The SMILES string of the molecule is CCCCOC(=O)c1cccc2c1OB(O)[C@@H](C1NC1C(=O)CC)C2. The summed E-state index contributed by atoms with van der Waals surface area (Å²) in [6.07, 6.45) is 2.79. The smallest absolute Gasteiger partial charge is 0.527 e. The topological polar surface area (TPSA) is 94.8 Å². The summed E-state index contributed by atoms with van der Waals surface area (Å²) < 4.78 is 10.9. The number of carbonyl (C=O) groups is 2. The van der Waals surface area contributed by atoms with Crippen LogP contribution in [0.1, 0.15) is 49.0 Å². The van der Waals surface area contributed by atoms with Crippen molar-refractivity contribution in [1.82, 2.24) is 5.32 Å². The third-order valence-corrected chi connectivity index (χ3v) is 4.89. The maximum absolute atomic E-state index is 12.3. The minimum atomic E-state index is -1.05. The Morgan fingerprint density at radius 2 is 2.20 bits per heavy atom. The molecular formula is C18H24BNO5. The molecule has 6 nitrogen and oxygen atoms in total. The van der Waals surface area contributed by atoms with Crippen molar-refractivity contribution < 1.29 is 24.0 Å². The van der Waals surface area contributed by atoms with Gasteiger partial charge in [-0.2, -0.15) is 0 Å². The van der Waals surface area contributed by atoms with Gasteiger partial charge in [0.2, 0.25) is 0 Å². The number of hydrogen-bond acceptors (Lipinski definition) is 6. The van der Waals surface area contributed by atoms with E-state index in [2.05, 4.69) is 5.32 Å². The van der Waals surface area contributed by atoms with Crippen LogP contribution in [0.3, 0.4) is 0 Å². The van der Waals surface area contributed by atoms with E-state index >= 15 is 0 Å². The quantitative estimate of drug-likeness (QED) is 0.338. The lowest BCUT2D eigenvalue weighted by molar-refractivity contribution is -0.118. The fourth-order valence-corrected chi connectivity index (χ4v) is 3.34. The summed E-state index contributed by atoms with van der Waals surface area (Å²) in [5.74, 6) is -0.0955. The lowest BCUT2D eigenvalue weighted by atomic mass is 9.64. The Balaban J connectivity index is 1.73. The Morgan fingerprint density at radius 3 is 2.92 bits per heavy atom. The van der Waals surface area contributed by atoms with Gasteiger partial charge in [0.25, 0.3) is 0 Å². The number of para-hydroxylation sites is 1. The number of ketones is 1. The predicted molar refractivity (Wildman–Crippen MR) is 93.7 cm³/mol. The molecule has 0 bridgehead atoms. The van der Waals surface area contributed by atoms with Crippen molar-refractivity contribution in [1.29, 1.82) is 0 Å². The zero-order chi connectivity index (χ0) is 18.0. The number of carbonyl (C=O) groups excluding carboxylic acids is 2. The minimum Gasteiger partial charge on any atom is -0.535 e. The van der Waals surface area contributed by atoms with Gasteiger partial charge in [-0.15, -0.1) is 0 Å². The Kier molecular flexibility index (Phi) is 5.44. The number of rotatable bonds is 7. The van der Waals surface area contributed by atoms with Crippen molar-refractivity contribution in [2.45, 2.75) is 57.4 Å². The molecule has 1 aromatic rings. The number of hydrogen-bond donors (Lipinski definition) is 2. The number of nitrogens with one attached hydrogen (secondary N) is 1. The lowest BCUT2D eigenvalue weighted by Crippen LogP contribution is -2.38. The van der Waals surface area contributed by atoms with Gasteiger partial charge in [-0.25, -0.2) is 4.79 Å². The van der Waals surface area contributed by atoms with Crippen LogP contribution in [0.4, 0.5) is 0 Å². The third kappa shape index (κ3) is 3.72. The molecule has 3 rings (SSSR count). The zero-order valence-electron chi connectivity index (χ0n) is 14.7. The molecule has 7 heteroatoms. The van der Waals surface area contributed by atoms with Gasteiger partial charge in [0.05, 0.1) is 12.6 Å². The Morgan fingerprint density at radius 1 is 1.40 bits per heavy atom. The molecule has 2 aliphatic rings. The summed E-state index contributed by atoms with van der Waals surface area (Å²) in [7, 11) is -1.05. The summed E-state index contributed by atoms with van der Waals surface area (Å²) in [5, 5.41) is 13.5. The van der Waals surface area contributed by atoms with Crippen LogP contribution in [-0.2, 0) is 16.0 Å². The first kappa shape index (κ1) is 18.0. The highest BCUT2D eigenvalue weighted by Crippen LogP contribution is 2.40. The summed E-state index contributed by atoms with van der Waals surface area (Å²) >= 11 is 0. The summed E-state index contributed by atoms with van der Waals surface area (Å²) in [6, 6.07) is 5.06. The number of benzene rings is 1. The molecule has 0 spiro atoms. The lowest BCUT2D eigenvalue weighted by Gasteiger charge is -2.28. The Hall–Kier alpha value is -1.86. The number of fused-ring (bicyclic) bond motifs is 1. The molecule has 2 N–H and O–H groups in total. The van der Waals surface area contributed by atoms with Crippen molar-refractivity contribution >= 4 is 18.9 Å². The number of ether oxygens (including phenoxy) is 1. The first-order valence-corrected chi connectivity index (χ1v) is 8.99. The van der Waals surface area contributed by atoms with E-state index < -0.39 is 13.1 Å². The van der Waals surface area contributed by atoms with Crippen LogP contribution in [0.15, 0.2) is 18.2 Å². The second-order valence-electron chi connectivity index (χ2n) is 6.65. The molecule has 2 heterocycles. The van der Waals surface area contributed by atoms with Gasteiger partial charge in [-0.05, 0) is 24.5 Å². The Bertz CT molecular complexity index is 665. The van der Waals surface area contributed by atoms with Crippen LogP contribution < -0.4 is 9.97 Å². The van der Waals surface area contributed by atoms with E-state index in [1.165, 1.54) is 0 Å². The minimum absolute atomic E-state index is 0.0734. The van der Waals surface area contributed by atoms with Gasteiger partial charge >= 0.3 is 13.1 Å². The molecule has 134 valence electrons. The van der Waals surface area contributed by atoms with Crippen LogP contribution in [0.2, 0.25) is 5.82 Å². The van der Waals surface area contributed by atoms with Crippen molar-refractivity contribution in [3.05, 3.63) is 29.3 Å². The summed E-state index contributed by atoms with van der Waals surface area (Å²) in [6.45, 7) is 4.23. The average molecular weight is 345 g/mol. The van der Waals surface area contributed by atoms with E-state index in [0.717, 1.165) is 18.4 Å². The fraction of sp³-hybridized carbons (Fsp3) is 0.556. The average Bonchev–Trinajstić information content (AvgIpc) is 3.40. The van der Waals surface area contributed by atoms with Crippen LogP contribution in [-0.4, -0.2) is 42.6 Å². The molecule has 0 radical (unpaired) electrons. The third-order valence-electron chi connectivity index (χ3n) is 4.89. The van der Waals surface area contributed by atoms with Crippen molar-refractivity contribution in [3.63, 3.8) is 0 Å². The van der Waals surface area contributed by atoms with Crippen LogP contribution in [0, 0.1) is 0 Å². The molecule has 0 aromatic heterocycles. The second-order valence-corrected chi connectivity index (χ2v) is 6.65. The van der Waals surface area contributed by atoms with E-state index in [9.17, 15) is 14.6 Å². The molecule has 0 amide bonds. The highest BCUT2D eigenvalue weighted by Gasteiger charge is 2.53. The summed E-state index contributed by atoms with van der Waals surface area (Å²) in [5.41, 5.74) is 1.20. The van der Waals surface area contributed by atoms with Crippen molar-refractivity contribution in [2.24, 2.45) is 0 Å². The maximum atomic E-state index is 12.3. The molecule has 3 atom stereocenters. The van der Waals surface area contributed by atoms with Crippen molar-refractivity contribution in [3.8, 4) is 5.75 Å².